The zero-order valence-electron chi connectivity index (χ0n) is 18.7. The van der Waals surface area contributed by atoms with Gasteiger partial charge in [-0.15, -0.1) is 0 Å². The molecule has 2 amide bonds. The summed E-state index contributed by atoms with van der Waals surface area (Å²) >= 11 is 0. The Morgan fingerprint density at radius 3 is 2.88 bits per heavy atom. The number of anilines is 1. The van der Waals surface area contributed by atoms with Crippen LogP contribution in [0.1, 0.15) is 34.8 Å². The number of rotatable bonds is 6. The van der Waals surface area contributed by atoms with Gasteiger partial charge in [0.1, 0.15) is 11.3 Å². The molecule has 0 aliphatic carbocycles. The molecule has 1 aromatic carbocycles. The first-order valence-corrected chi connectivity index (χ1v) is 11.1. The quantitative estimate of drug-likeness (QED) is 0.453. The third-order valence-electron chi connectivity index (χ3n) is 5.87. The van der Waals surface area contributed by atoms with Crippen LogP contribution >= 0.6 is 0 Å². The van der Waals surface area contributed by atoms with Crippen LogP contribution in [0, 0.1) is 12.8 Å². The Kier molecular flexibility index (Phi) is 6.05. The van der Waals surface area contributed by atoms with Crippen molar-refractivity contribution in [2.45, 2.75) is 26.3 Å². The minimum Gasteiger partial charge on any atom is -0.381 e. The third-order valence-corrected chi connectivity index (χ3v) is 5.87. The van der Waals surface area contributed by atoms with E-state index >= 15 is 0 Å². The van der Waals surface area contributed by atoms with E-state index in [-0.39, 0.29) is 24.3 Å². The summed E-state index contributed by atoms with van der Waals surface area (Å²) in [4.78, 5) is 33.9. The SMILES string of the molecule is Cc1ccc(-c2noc(CNC(=O)C3CCOCC3)n2)cc1NC(=O)c1cnc2ccccn12. The second-order valence-corrected chi connectivity index (χ2v) is 8.17. The first kappa shape index (κ1) is 21.8. The number of benzene rings is 1. The van der Waals surface area contributed by atoms with Gasteiger partial charge in [-0.1, -0.05) is 23.4 Å². The van der Waals surface area contributed by atoms with Crippen LogP contribution in [0.25, 0.3) is 17.0 Å². The maximum absolute atomic E-state index is 12.9. The Morgan fingerprint density at radius 1 is 1.18 bits per heavy atom. The summed E-state index contributed by atoms with van der Waals surface area (Å²) in [6, 6.07) is 11.1. The first-order chi connectivity index (χ1) is 16.6. The lowest BCUT2D eigenvalue weighted by atomic mass is 9.99. The van der Waals surface area contributed by atoms with Gasteiger partial charge in [-0.2, -0.15) is 4.98 Å². The smallest absolute Gasteiger partial charge is 0.274 e. The Bertz CT molecular complexity index is 1340. The highest BCUT2D eigenvalue weighted by atomic mass is 16.5. The van der Waals surface area contributed by atoms with Gasteiger partial charge < -0.3 is 19.9 Å². The Morgan fingerprint density at radius 2 is 2.03 bits per heavy atom. The molecule has 1 aliphatic heterocycles. The van der Waals surface area contributed by atoms with Gasteiger partial charge in [0.2, 0.25) is 17.6 Å². The number of aryl methyl sites for hydroxylation is 1. The summed E-state index contributed by atoms with van der Waals surface area (Å²) in [5, 5.41) is 9.83. The highest BCUT2D eigenvalue weighted by Crippen LogP contribution is 2.24. The van der Waals surface area contributed by atoms with Gasteiger partial charge in [0.05, 0.1) is 12.7 Å². The predicted molar refractivity (Wildman–Crippen MR) is 123 cm³/mol. The predicted octanol–water partition coefficient (Wildman–Crippen LogP) is 2.99. The lowest BCUT2D eigenvalue weighted by Gasteiger charge is -2.20. The van der Waals surface area contributed by atoms with Crippen molar-refractivity contribution in [2.24, 2.45) is 5.92 Å². The number of hydrogen-bond acceptors (Lipinski definition) is 7. The molecule has 0 saturated carbocycles. The number of nitrogens with one attached hydrogen (secondary N) is 2. The van der Waals surface area contributed by atoms with Crippen molar-refractivity contribution in [3.63, 3.8) is 0 Å². The molecule has 5 rings (SSSR count). The maximum Gasteiger partial charge on any atom is 0.274 e. The van der Waals surface area contributed by atoms with Crippen LogP contribution in [-0.2, 0) is 16.1 Å². The number of ether oxygens (including phenoxy) is 1. The zero-order chi connectivity index (χ0) is 23.5. The average molecular weight is 460 g/mol. The molecule has 10 nitrogen and oxygen atoms in total. The van der Waals surface area contributed by atoms with Gasteiger partial charge in [0, 0.05) is 36.6 Å². The number of carbonyl (C=O) groups excluding carboxylic acids is 2. The van der Waals surface area contributed by atoms with Crippen LogP contribution in [-0.4, -0.2) is 44.6 Å². The van der Waals surface area contributed by atoms with Crippen molar-refractivity contribution in [3.8, 4) is 11.4 Å². The summed E-state index contributed by atoms with van der Waals surface area (Å²) in [5.74, 6) is 0.333. The van der Waals surface area contributed by atoms with Crippen LogP contribution in [0.15, 0.2) is 53.3 Å². The second kappa shape index (κ2) is 9.44. The second-order valence-electron chi connectivity index (χ2n) is 8.17. The molecule has 0 atom stereocenters. The molecule has 34 heavy (non-hydrogen) atoms. The van der Waals surface area contributed by atoms with Crippen LogP contribution in [0.2, 0.25) is 0 Å². The highest BCUT2D eigenvalue weighted by Gasteiger charge is 2.22. The molecule has 3 aromatic heterocycles. The minimum atomic E-state index is -0.274. The normalized spacial score (nSPS) is 14.3. The van der Waals surface area contributed by atoms with E-state index in [0.29, 0.717) is 60.4 Å². The molecule has 10 heteroatoms. The van der Waals surface area contributed by atoms with Crippen molar-refractivity contribution in [2.75, 3.05) is 18.5 Å². The fraction of sp³-hybridized carbons (Fsp3) is 0.292. The van der Waals surface area contributed by atoms with Gasteiger partial charge >= 0.3 is 0 Å². The zero-order valence-corrected chi connectivity index (χ0v) is 18.7. The van der Waals surface area contributed by atoms with Gasteiger partial charge in [0.25, 0.3) is 5.91 Å². The number of pyridine rings is 1. The van der Waals surface area contributed by atoms with E-state index in [4.69, 9.17) is 9.26 Å². The van der Waals surface area contributed by atoms with Gasteiger partial charge in [0.15, 0.2) is 0 Å². The van der Waals surface area contributed by atoms with Crippen molar-refractivity contribution in [1.82, 2.24) is 24.8 Å². The van der Waals surface area contributed by atoms with E-state index in [2.05, 4.69) is 25.8 Å². The summed E-state index contributed by atoms with van der Waals surface area (Å²) in [7, 11) is 0. The molecule has 4 aromatic rings. The number of amides is 2. The molecular formula is C24H24N6O4. The lowest BCUT2D eigenvalue weighted by molar-refractivity contribution is -0.128. The van der Waals surface area contributed by atoms with E-state index in [1.54, 1.807) is 22.9 Å². The Labute approximate surface area is 195 Å². The summed E-state index contributed by atoms with van der Waals surface area (Å²) in [6.45, 7) is 3.27. The Hall–Kier alpha value is -4.05. The minimum absolute atomic E-state index is 0.0317. The molecule has 1 saturated heterocycles. The number of aromatic nitrogens is 4. The molecule has 4 heterocycles. The number of carbonyl (C=O) groups is 2. The summed E-state index contributed by atoms with van der Waals surface area (Å²) < 4.78 is 12.3. The maximum atomic E-state index is 12.9. The van der Waals surface area contributed by atoms with Gasteiger partial charge in [-0.3, -0.25) is 14.0 Å². The number of imidazole rings is 1. The molecule has 0 bridgehead atoms. The number of fused-ring (bicyclic) bond motifs is 1. The van der Waals surface area contributed by atoms with Crippen molar-refractivity contribution in [3.05, 3.63) is 65.9 Å². The average Bonchev–Trinajstić information content (AvgIpc) is 3.52. The molecule has 174 valence electrons. The van der Waals surface area contributed by atoms with Crippen molar-refractivity contribution in [1.29, 1.82) is 0 Å². The fourth-order valence-corrected chi connectivity index (χ4v) is 3.89. The number of hydrogen-bond donors (Lipinski definition) is 2. The highest BCUT2D eigenvalue weighted by molar-refractivity contribution is 6.04. The van der Waals surface area contributed by atoms with E-state index in [0.717, 1.165) is 5.56 Å². The molecule has 1 aliphatic rings. The van der Waals surface area contributed by atoms with E-state index < -0.39 is 0 Å². The lowest BCUT2D eigenvalue weighted by Crippen LogP contribution is -2.33. The van der Waals surface area contributed by atoms with E-state index in [9.17, 15) is 9.59 Å². The van der Waals surface area contributed by atoms with Crippen LogP contribution < -0.4 is 10.6 Å². The fourth-order valence-electron chi connectivity index (χ4n) is 3.89. The molecular weight excluding hydrogens is 436 g/mol. The number of nitrogens with zero attached hydrogens (tertiary/aromatic N) is 4. The third kappa shape index (κ3) is 4.53. The van der Waals surface area contributed by atoms with Crippen LogP contribution in [0.3, 0.4) is 0 Å². The topological polar surface area (TPSA) is 124 Å². The molecule has 1 fully saturated rings. The van der Waals surface area contributed by atoms with Crippen molar-refractivity contribution >= 4 is 23.1 Å². The summed E-state index contributed by atoms with van der Waals surface area (Å²) in [6.07, 6.45) is 4.77. The van der Waals surface area contributed by atoms with Crippen molar-refractivity contribution < 1.29 is 18.8 Å². The van der Waals surface area contributed by atoms with E-state index in [1.165, 1.54) is 0 Å². The largest absolute Gasteiger partial charge is 0.381 e. The first-order valence-electron chi connectivity index (χ1n) is 11.1. The monoisotopic (exact) mass is 460 g/mol. The standard InChI is InChI=1S/C24H24N6O4/c1-15-5-6-17(12-18(15)27-24(32)19-13-25-20-4-2-3-9-30(19)20)22-28-21(34-29-22)14-26-23(31)16-7-10-33-11-8-16/h2-6,9,12-13,16H,7-8,10-11,14H2,1H3,(H,26,31)(H,27,32). The molecule has 2 N–H and O–H groups in total. The van der Waals surface area contributed by atoms with Gasteiger partial charge in [-0.25, -0.2) is 4.98 Å². The van der Waals surface area contributed by atoms with Crippen LogP contribution in [0.5, 0.6) is 0 Å². The van der Waals surface area contributed by atoms with Crippen LogP contribution in [0.4, 0.5) is 5.69 Å². The molecule has 0 radical (unpaired) electrons. The molecule has 0 spiro atoms. The Balaban J connectivity index is 1.28. The molecule has 0 unspecified atom stereocenters. The van der Waals surface area contributed by atoms with Gasteiger partial charge in [-0.05, 0) is 43.5 Å². The van der Waals surface area contributed by atoms with E-state index in [1.807, 2.05) is 37.3 Å². The summed E-state index contributed by atoms with van der Waals surface area (Å²) in [5.41, 5.74) is 3.33.